The molecular weight excluding hydrogens is 200 g/mol. The van der Waals surface area contributed by atoms with E-state index in [9.17, 15) is 0 Å². The zero-order valence-corrected chi connectivity index (χ0v) is 8.95. The first-order chi connectivity index (χ1) is 6.18. The Morgan fingerprint density at radius 3 is 2.79 bits per heavy atom. The van der Waals surface area contributed by atoms with Crippen molar-refractivity contribution in [2.75, 3.05) is 0 Å². The smallest absolute Gasteiger partial charge is 0.0862 e. The van der Waals surface area contributed by atoms with Crippen molar-refractivity contribution in [3.05, 3.63) is 24.2 Å². The summed E-state index contributed by atoms with van der Waals surface area (Å²) >= 11 is 0. The van der Waals surface area contributed by atoms with Crippen LogP contribution in [0.5, 0.6) is 0 Å². The van der Waals surface area contributed by atoms with Gasteiger partial charge < -0.3 is 5.73 Å². The van der Waals surface area contributed by atoms with Crippen LogP contribution in [0.15, 0.2) is 18.5 Å². The summed E-state index contributed by atoms with van der Waals surface area (Å²) in [5.74, 6) is 0. The Labute approximate surface area is 88.5 Å². The molecule has 0 aliphatic carbocycles. The summed E-state index contributed by atoms with van der Waals surface area (Å²) in [5, 5.41) is 5.22. The minimum Gasteiger partial charge on any atom is -0.323 e. The Balaban J connectivity index is 0.000000980. The lowest BCUT2D eigenvalue weighted by molar-refractivity contribution is 0.776. The van der Waals surface area contributed by atoms with E-state index in [4.69, 9.17) is 5.73 Å². The van der Waals surface area contributed by atoms with Gasteiger partial charge in [0.1, 0.15) is 0 Å². The van der Waals surface area contributed by atoms with Crippen LogP contribution in [0.3, 0.4) is 0 Å². The first-order valence-electron chi connectivity index (χ1n) is 4.21. The molecule has 2 aromatic heterocycles. The number of rotatable bonds is 1. The van der Waals surface area contributed by atoms with Crippen molar-refractivity contribution < 1.29 is 0 Å². The van der Waals surface area contributed by atoms with Crippen LogP contribution >= 0.6 is 12.4 Å². The van der Waals surface area contributed by atoms with Crippen molar-refractivity contribution in [3.63, 3.8) is 0 Å². The average molecular weight is 213 g/mol. The Hall–Kier alpha value is -1.13. The van der Waals surface area contributed by atoms with E-state index in [1.165, 1.54) is 0 Å². The van der Waals surface area contributed by atoms with E-state index in [-0.39, 0.29) is 18.4 Å². The van der Waals surface area contributed by atoms with Crippen LogP contribution in [0.25, 0.3) is 10.9 Å². The maximum Gasteiger partial charge on any atom is 0.0862 e. The van der Waals surface area contributed by atoms with E-state index in [1.807, 2.05) is 26.2 Å². The van der Waals surface area contributed by atoms with Crippen molar-refractivity contribution >= 4 is 23.3 Å². The largest absolute Gasteiger partial charge is 0.323 e. The Bertz CT molecular complexity index is 435. The standard InChI is InChI=1S/C9H12N4.ClH/c1-6(10)8-3-7-4-12-13(2)9(7)5-11-8;/h3-6H,10H2,1-2H3;1H/t6-;/m1./s1. The summed E-state index contributed by atoms with van der Waals surface area (Å²) in [5.41, 5.74) is 7.66. The fraction of sp³-hybridized carbons (Fsp3) is 0.333. The number of aryl methyl sites for hydroxylation is 1. The van der Waals surface area contributed by atoms with E-state index in [2.05, 4.69) is 10.1 Å². The first kappa shape index (κ1) is 10.9. The molecule has 2 aromatic rings. The van der Waals surface area contributed by atoms with Crippen LogP contribution in [0.4, 0.5) is 0 Å². The molecule has 2 N–H and O–H groups in total. The summed E-state index contributed by atoms with van der Waals surface area (Å²) in [6.07, 6.45) is 3.63. The van der Waals surface area contributed by atoms with Crippen LogP contribution in [0.1, 0.15) is 18.7 Å². The molecule has 5 heteroatoms. The number of nitrogens with two attached hydrogens (primary N) is 1. The predicted molar refractivity (Wildman–Crippen MR) is 58.4 cm³/mol. The summed E-state index contributed by atoms with van der Waals surface area (Å²) in [4.78, 5) is 4.25. The van der Waals surface area contributed by atoms with Crippen LogP contribution < -0.4 is 5.73 Å². The van der Waals surface area contributed by atoms with Crippen LogP contribution in [0.2, 0.25) is 0 Å². The van der Waals surface area contributed by atoms with E-state index < -0.39 is 0 Å². The second-order valence-electron chi connectivity index (χ2n) is 3.22. The minimum absolute atomic E-state index is 0. The molecule has 2 heterocycles. The maximum atomic E-state index is 5.72. The first-order valence-corrected chi connectivity index (χ1v) is 4.21. The summed E-state index contributed by atoms with van der Waals surface area (Å²) in [6, 6.07) is 1.96. The van der Waals surface area contributed by atoms with Crippen molar-refractivity contribution in [1.29, 1.82) is 0 Å². The Kier molecular flexibility index (Phi) is 3.08. The summed E-state index contributed by atoms with van der Waals surface area (Å²) < 4.78 is 1.80. The molecule has 0 saturated heterocycles. The molecule has 76 valence electrons. The molecule has 0 unspecified atom stereocenters. The van der Waals surface area contributed by atoms with Gasteiger partial charge in [-0.2, -0.15) is 5.10 Å². The molecule has 0 saturated carbocycles. The lowest BCUT2D eigenvalue weighted by Gasteiger charge is -2.03. The second-order valence-corrected chi connectivity index (χ2v) is 3.22. The van der Waals surface area contributed by atoms with Gasteiger partial charge in [0.15, 0.2) is 0 Å². The fourth-order valence-corrected chi connectivity index (χ4v) is 1.31. The highest BCUT2D eigenvalue weighted by Gasteiger charge is 2.04. The third-order valence-electron chi connectivity index (χ3n) is 2.12. The predicted octanol–water partition coefficient (Wildman–Crippen LogP) is 1.41. The number of halogens is 1. The van der Waals surface area contributed by atoms with Crippen LogP contribution in [-0.2, 0) is 7.05 Å². The zero-order chi connectivity index (χ0) is 9.42. The van der Waals surface area contributed by atoms with Crippen LogP contribution in [0, 0.1) is 0 Å². The van der Waals surface area contributed by atoms with Gasteiger partial charge in [-0.25, -0.2) is 0 Å². The van der Waals surface area contributed by atoms with E-state index in [0.29, 0.717) is 0 Å². The van der Waals surface area contributed by atoms with Gasteiger partial charge in [0, 0.05) is 18.5 Å². The molecule has 0 spiro atoms. The number of nitrogens with zero attached hydrogens (tertiary/aromatic N) is 3. The van der Waals surface area contributed by atoms with Crippen molar-refractivity contribution in [2.24, 2.45) is 12.8 Å². The van der Waals surface area contributed by atoms with Gasteiger partial charge in [0.2, 0.25) is 0 Å². The van der Waals surface area contributed by atoms with Gasteiger partial charge in [-0.05, 0) is 13.0 Å². The lowest BCUT2D eigenvalue weighted by Crippen LogP contribution is -2.06. The van der Waals surface area contributed by atoms with Gasteiger partial charge >= 0.3 is 0 Å². The number of hydrogen-bond acceptors (Lipinski definition) is 3. The molecule has 0 aromatic carbocycles. The van der Waals surface area contributed by atoms with Crippen molar-refractivity contribution in [3.8, 4) is 0 Å². The van der Waals surface area contributed by atoms with Gasteiger partial charge in [0.05, 0.1) is 23.6 Å². The molecule has 14 heavy (non-hydrogen) atoms. The highest BCUT2D eigenvalue weighted by Crippen LogP contribution is 2.15. The third-order valence-corrected chi connectivity index (χ3v) is 2.12. The molecule has 0 aliphatic heterocycles. The SMILES string of the molecule is C[C@@H](N)c1cc2cnn(C)c2cn1.Cl. The normalized spacial score (nSPS) is 12.5. The van der Waals surface area contributed by atoms with E-state index in [0.717, 1.165) is 16.6 Å². The van der Waals surface area contributed by atoms with Crippen molar-refractivity contribution in [2.45, 2.75) is 13.0 Å². The fourth-order valence-electron chi connectivity index (χ4n) is 1.31. The third kappa shape index (κ3) is 1.71. The molecule has 0 radical (unpaired) electrons. The molecular formula is C9H13ClN4. The Morgan fingerprint density at radius 2 is 2.14 bits per heavy atom. The highest BCUT2D eigenvalue weighted by molar-refractivity contribution is 5.85. The van der Waals surface area contributed by atoms with Gasteiger partial charge in [0.25, 0.3) is 0 Å². The highest BCUT2D eigenvalue weighted by atomic mass is 35.5. The van der Waals surface area contributed by atoms with Gasteiger partial charge in [-0.15, -0.1) is 12.4 Å². The quantitative estimate of drug-likeness (QED) is 0.778. The summed E-state index contributed by atoms with van der Waals surface area (Å²) in [7, 11) is 1.90. The van der Waals surface area contributed by atoms with E-state index in [1.54, 1.807) is 10.9 Å². The second kappa shape index (κ2) is 3.94. The molecule has 4 nitrogen and oxygen atoms in total. The zero-order valence-electron chi connectivity index (χ0n) is 8.14. The maximum absolute atomic E-state index is 5.72. The van der Waals surface area contributed by atoms with E-state index >= 15 is 0 Å². The number of hydrogen-bond donors (Lipinski definition) is 1. The molecule has 0 amide bonds. The monoisotopic (exact) mass is 212 g/mol. The number of pyridine rings is 1. The average Bonchev–Trinajstić information content (AvgIpc) is 2.47. The van der Waals surface area contributed by atoms with Crippen LogP contribution in [-0.4, -0.2) is 14.8 Å². The molecule has 0 bridgehead atoms. The van der Waals surface area contributed by atoms with Gasteiger partial charge in [-0.1, -0.05) is 0 Å². The molecule has 0 aliphatic rings. The Morgan fingerprint density at radius 1 is 1.43 bits per heavy atom. The molecule has 2 rings (SSSR count). The summed E-state index contributed by atoms with van der Waals surface area (Å²) in [6.45, 7) is 1.92. The topological polar surface area (TPSA) is 56.7 Å². The van der Waals surface area contributed by atoms with Crippen molar-refractivity contribution in [1.82, 2.24) is 14.8 Å². The number of fused-ring (bicyclic) bond motifs is 1. The lowest BCUT2D eigenvalue weighted by atomic mass is 10.2. The molecule has 0 fully saturated rings. The molecule has 1 atom stereocenters. The minimum atomic E-state index is -0.0235. The number of aromatic nitrogens is 3. The van der Waals surface area contributed by atoms with Gasteiger partial charge in [-0.3, -0.25) is 9.67 Å².